The third kappa shape index (κ3) is 3.29. The quantitative estimate of drug-likeness (QED) is 0.709. The van der Waals surface area contributed by atoms with Gasteiger partial charge < -0.3 is 10.5 Å². The van der Waals surface area contributed by atoms with Gasteiger partial charge in [-0.05, 0) is 19.3 Å². The van der Waals surface area contributed by atoms with Crippen molar-refractivity contribution in [2.75, 3.05) is 26.0 Å². The van der Waals surface area contributed by atoms with Crippen LogP contribution in [0.25, 0.3) is 4.96 Å². The molecule has 112 valence electrons. The summed E-state index contributed by atoms with van der Waals surface area (Å²) in [7, 11) is -1.99. The van der Waals surface area contributed by atoms with Gasteiger partial charge in [-0.1, -0.05) is 0 Å². The van der Waals surface area contributed by atoms with Crippen molar-refractivity contribution in [1.82, 2.24) is 14.1 Å². The average Bonchev–Trinajstić information content (AvgIpc) is 2.92. The maximum Gasteiger partial charge on any atom is 0.260 e. The average molecular weight is 318 g/mol. The minimum atomic E-state index is -3.64. The Bertz CT molecular complexity index is 662. The highest BCUT2D eigenvalue weighted by atomic mass is 32.2. The molecule has 2 heterocycles. The Balaban J connectivity index is 2.00. The number of aromatic nitrogens is 2. The van der Waals surface area contributed by atoms with Gasteiger partial charge >= 0.3 is 0 Å². The molecule has 2 rings (SSSR count). The standard InChI is InChI=1S/C11H18N4O3S2/c1-18-7-4-2-3-5-13-20(16,17)10-9(12)14-11-15(10)6-8-19-11/h6,8,13H,2-5,7,12H2,1H3. The fraction of sp³-hybridized carbons (Fsp3) is 0.545. The van der Waals surface area contributed by atoms with Crippen molar-refractivity contribution in [1.29, 1.82) is 0 Å². The molecule has 0 saturated carbocycles. The summed E-state index contributed by atoms with van der Waals surface area (Å²) >= 11 is 1.34. The number of anilines is 1. The summed E-state index contributed by atoms with van der Waals surface area (Å²) in [5.74, 6) is 0.0312. The zero-order valence-corrected chi connectivity index (χ0v) is 12.8. The molecule has 2 aromatic heterocycles. The number of methoxy groups -OCH3 is 1. The number of nitrogens with one attached hydrogen (secondary N) is 1. The highest BCUT2D eigenvalue weighted by Crippen LogP contribution is 2.22. The largest absolute Gasteiger partial charge is 0.385 e. The van der Waals surface area contributed by atoms with E-state index in [4.69, 9.17) is 10.5 Å². The molecule has 0 aromatic carbocycles. The predicted octanol–water partition coefficient (Wildman–Crippen LogP) is 1.07. The van der Waals surface area contributed by atoms with Crippen molar-refractivity contribution in [3.63, 3.8) is 0 Å². The van der Waals surface area contributed by atoms with Crippen LogP contribution in [0.3, 0.4) is 0 Å². The lowest BCUT2D eigenvalue weighted by molar-refractivity contribution is 0.192. The smallest absolute Gasteiger partial charge is 0.260 e. The highest BCUT2D eigenvalue weighted by molar-refractivity contribution is 7.89. The Morgan fingerprint density at radius 1 is 1.45 bits per heavy atom. The van der Waals surface area contributed by atoms with E-state index in [1.165, 1.54) is 15.7 Å². The number of nitrogen functional groups attached to an aromatic ring is 1. The number of nitrogens with two attached hydrogens (primary N) is 1. The molecule has 0 aliphatic rings. The summed E-state index contributed by atoms with van der Waals surface area (Å²) in [4.78, 5) is 4.60. The molecule has 0 fully saturated rings. The van der Waals surface area contributed by atoms with Gasteiger partial charge in [0.05, 0.1) is 0 Å². The van der Waals surface area contributed by atoms with Crippen LogP contribution in [0.1, 0.15) is 19.3 Å². The van der Waals surface area contributed by atoms with Crippen LogP contribution in [-0.4, -0.2) is 38.1 Å². The van der Waals surface area contributed by atoms with E-state index >= 15 is 0 Å². The first-order chi connectivity index (χ1) is 9.56. The Hall–Kier alpha value is -1.16. The minimum absolute atomic E-state index is 0.0191. The summed E-state index contributed by atoms with van der Waals surface area (Å²) in [5, 5.41) is 1.79. The Labute approximate surface area is 121 Å². The summed E-state index contributed by atoms with van der Waals surface area (Å²) in [5.41, 5.74) is 5.69. The van der Waals surface area contributed by atoms with Crippen LogP contribution in [0.4, 0.5) is 5.82 Å². The third-order valence-electron chi connectivity index (χ3n) is 2.82. The first-order valence-electron chi connectivity index (χ1n) is 6.26. The van der Waals surface area contributed by atoms with Gasteiger partial charge in [0.25, 0.3) is 10.0 Å². The lowest BCUT2D eigenvalue weighted by atomic mass is 10.2. The molecule has 0 aliphatic heterocycles. The van der Waals surface area contributed by atoms with Crippen molar-refractivity contribution in [3.8, 4) is 0 Å². The molecule has 0 atom stereocenters. The van der Waals surface area contributed by atoms with E-state index in [0.717, 1.165) is 19.3 Å². The van der Waals surface area contributed by atoms with E-state index in [1.807, 2.05) is 0 Å². The summed E-state index contributed by atoms with van der Waals surface area (Å²) in [6.07, 6.45) is 4.23. The van der Waals surface area contributed by atoms with Crippen LogP contribution in [0.2, 0.25) is 0 Å². The van der Waals surface area contributed by atoms with E-state index < -0.39 is 10.0 Å². The molecule has 0 unspecified atom stereocenters. The number of sulfonamides is 1. The van der Waals surface area contributed by atoms with Gasteiger partial charge in [-0.2, -0.15) is 0 Å². The van der Waals surface area contributed by atoms with E-state index in [9.17, 15) is 8.42 Å². The Morgan fingerprint density at radius 3 is 3.00 bits per heavy atom. The molecule has 0 radical (unpaired) electrons. The summed E-state index contributed by atoms with van der Waals surface area (Å²) in [6.45, 7) is 1.07. The van der Waals surface area contributed by atoms with E-state index in [2.05, 4.69) is 9.71 Å². The second kappa shape index (κ2) is 6.53. The zero-order chi connectivity index (χ0) is 14.6. The molecule has 0 amide bonds. The van der Waals surface area contributed by atoms with Crippen LogP contribution >= 0.6 is 11.3 Å². The third-order valence-corrected chi connectivity index (χ3v) is 5.07. The molecule has 0 aliphatic carbocycles. The lowest BCUT2D eigenvalue weighted by Gasteiger charge is -2.06. The fourth-order valence-electron chi connectivity index (χ4n) is 1.87. The molecule has 9 heteroatoms. The highest BCUT2D eigenvalue weighted by Gasteiger charge is 2.23. The van der Waals surface area contributed by atoms with Gasteiger partial charge in [0.15, 0.2) is 15.8 Å². The number of unbranched alkanes of at least 4 members (excludes halogenated alkanes) is 2. The predicted molar refractivity (Wildman–Crippen MR) is 78.4 cm³/mol. The van der Waals surface area contributed by atoms with Gasteiger partial charge in [-0.25, -0.2) is 18.1 Å². The molecule has 7 nitrogen and oxygen atoms in total. The van der Waals surface area contributed by atoms with Crippen LogP contribution < -0.4 is 10.5 Å². The topological polar surface area (TPSA) is 98.7 Å². The van der Waals surface area contributed by atoms with Crippen LogP contribution in [0.5, 0.6) is 0 Å². The van der Waals surface area contributed by atoms with Gasteiger partial charge in [0, 0.05) is 31.8 Å². The number of rotatable bonds is 8. The maximum atomic E-state index is 12.2. The second-order valence-electron chi connectivity index (χ2n) is 4.31. The van der Waals surface area contributed by atoms with Crippen molar-refractivity contribution >= 4 is 32.1 Å². The molecule has 3 N–H and O–H groups in total. The molecule has 0 saturated heterocycles. The Morgan fingerprint density at radius 2 is 2.25 bits per heavy atom. The fourth-order valence-corrected chi connectivity index (χ4v) is 3.93. The monoisotopic (exact) mass is 318 g/mol. The van der Waals surface area contributed by atoms with Gasteiger partial charge in [-0.15, -0.1) is 11.3 Å². The molecule has 20 heavy (non-hydrogen) atoms. The SMILES string of the molecule is COCCCCCNS(=O)(=O)c1c(N)nc2sccn12. The van der Waals surface area contributed by atoms with Gasteiger partial charge in [-0.3, -0.25) is 4.40 Å². The maximum absolute atomic E-state index is 12.2. The first kappa shape index (κ1) is 15.2. The number of thiazole rings is 1. The number of hydrogen-bond acceptors (Lipinski definition) is 6. The normalized spacial score (nSPS) is 12.2. The van der Waals surface area contributed by atoms with E-state index in [0.29, 0.717) is 18.1 Å². The summed E-state index contributed by atoms with van der Waals surface area (Å²) in [6, 6.07) is 0. The summed E-state index contributed by atoms with van der Waals surface area (Å²) < 4.78 is 33.5. The van der Waals surface area contributed by atoms with Crippen molar-refractivity contribution in [3.05, 3.63) is 11.6 Å². The van der Waals surface area contributed by atoms with Crippen molar-refractivity contribution in [2.24, 2.45) is 0 Å². The first-order valence-corrected chi connectivity index (χ1v) is 8.62. The van der Waals surface area contributed by atoms with Crippen LogP contribution in [0, 0.1) is 0 Å². The number of fused-ring (bicyclic) bond motifs is 1. The van der Waals surface area contributed by atoms with E-state index in [-0.39, 0.29) is 10.8 Å². The van der Waals surface area contributed by atoms with E-state index in [1.54, 1.807) is 18.7 Å². The number of ether oxygens (including phenoxy) is 1. The number of hydrogen-bond donors (Lipinski definition) is 2. The van der Waals surface area contributed by atoms with Crippen LogP contribution in [-0.2, 0) is 14.8 Å². The molecule has 2 aromatic rings. The number of imidazole rings is 1. The second-order valence-corrected chi connectivity index (χ2v) is 6.86. The van der Waals surface area contributed by atoms with Crippen molar-refractivity contribution < 1.29 is 13.2 Å². The van der Waals surface area contributed by atoms with Gasteiger partial charge in [0.1, 0.15) is 0 Å². The lowest BCUT2D eigenvalue weighted by Crippen LogP contribution is -2.26. The molecule has 0 bridgehead atoms. The van der Waals surface area contributed by atoms with Gasteiger partial charge in [0.2, 0.25) is 0 Å². The molecular formula is C11H18N4O3S2. The van der Waals surface area contributed by atoms with Crippen molar-refractivity contribution in [2.45, 2.75) is 24.3 Å². The molecule has 0 spiro atoms. The number of nitrogens with zero attached hydrogens (tertiary/aromatic N) is 2. The minimum Gasteiger partial charge on any atom is -0.385 e. The Kier molecular flexibility index (Phi) is 4.97. The van der Waals surface area contributed by atoms with Crippen LogP contribution in [0.15, 0.2) is 16.6 Å². The zero-order valence-electron chi connectivity index (χ0n) is 11.2. The molecular weight excluding hydrogens is 300 g/mol.